The zero-order chi connectivity index (χ0) is 8.69. The van der Waals surface area contributed by atoms with Crippen molar-refractivity contribution in [3.05, 3.63) is 0 Å². The summed E-state index contributed by atoms with van der Waals surface area (Å²) in [5.41, 5.74) is 0. The Kier molecular flexibility index (Phi) is 6.22. The van der Waals surface area contributed by atoms with Crippen LogP contribution in [0.25, 0.3) is 0 Å². The first kappa shape index (κ1) is 10.7. The van der Waals surface area contributed by atoms with Crippen molar-refractivity contribution in [1.29, 1.82) is 0 Å². The van der Waals surface area contributed by atoms with Crippen LogP contribution in [-0.4, -0.2) is 16.7 Å². The van der Waals surface area contributed by atoms with Crippen molar-refractivity contribution >= 4 is 23.2 Å². The van der Waals surface area contributed by atoms with Crippen molar-refractivity contribution in [3.8, 4) is 0 Å². The molecule has 0 aromatic rings. The Bertz CT molecular complexity index is 134. The molecule has 11 heavy (non-hydrogen) atoms. The minimum absolute atomic E-state index is 0.102. The standard InChI is InChI=1S/C8H14O2S/c1-3-4-8(5-6-9)11-7(2)10/h6,8H,3-5H2,1-2H3. The maximum Gasteiger partial charge on any atom is 0.186 e. The predicted molar refractivity (Wildman–Crippen MR) is 47.6 cm³/mol. The normalized spacial score (nSPS) is 12.5. The van der Waals surface area contributed by atoms with Gasteiger partial charge in [0.15, 0.2) is 5.12 Å². The van der Waals surface area contributed by atoms with Crippen LogP contribution in [0.5, 0.6) is 0 Å². The largest absolute Gasteiger partial charge is 0.303 e. The molecule has 0 heterocycles. The van der Waals surface area contributed by atoms with Crippen LogP contribution in [-0.2, 0) is 9.59 Å². The molecule has 0 N–H and O–H groups in total. The van der Waals surface area contributed by atoms with E-state index in [0.29, 0.717) is 6.42 Å². The first-order chi connectivity index (χ1) is 5.20. The maximum absolute atomic E-state index is 10.7. The van der Waals surface area contributed by atoms with Crippen LogP contribution in [0.2, 0.25) is 0 Å². The summed E-state index contributed by atoms with van der Waals surface area (Å²) in [6, 6.07) is 0. The quantitative estimate of drug-likeness (QED) is 0.598. The highest BCUT2D eigenvalue weighted by molar-refractivity contribution is 8.14. The SMILES string of the molecule is CCCC(CC=O)SC(C)=O. The Labute approximate surface area is 71.7 Å². The molecule has 64 valence electrons. The van der Waals surface area contributed by atoms with E-state index in [4.69, 9.17) is 0 Å². The fourth-order valence-corrected chi connectivity index (χ4v) is 1.89. The van der Waals surface area contributed by atoms with Crippen molar-refractivity contribution in [1.82, 2.24) is 0 Å². The second kappa shape index (κ2) is 6.40. The van der Waals surface area contributed by atoms with E-state index in [9.17, 15) is 9.59 Å². The van der Waals surface area contributed by atoms with Crippen molar-refractivity contribution in [3.63, 3.8) is 0 Å². The van der Waals surface area contributed by atoms with E-state index in [-0.39, 0.29) is 10.4 Å². The van der Waals surface area contributed by atoms with Gasteiger partial charge < -0.3 is 4.79 Å². The van der Waals surface area contributed by atoms with Crippen LogP contribution in [0.3, 0.4) is 0 Å². The van der Waals surface area contributed by atoms with Gasteiger partial charge in [0.05, 0.1) is 0 Å². The second-order valence-corrected chi connectivity index (χ2v) is 3.90. The van der Waals surface area contributed by atoms with Crippen LogP contribution < -0.4 is 0 Å². The molecule has 0 aliphatic heterocycles. The van der Waals surface area contributed by atoms with E-state index in [2.05, 4.69) is 6.92 Å². The van der Waals surface area contributed by atoms with Gasteiger partial charge in [-0.05, 0) is 6.42 Å². The fraction of sp³-hybridized carbons (Fsp3) is 0.750. The Balaban J connectivity index is 3.67. The highest BCUT2D eigenvalue weighted by Gasteiger charge is 2.09. The van der Waals surface area contributed by atoms with Gasteiger partial charge in [-0.3, -0.25) is 4.79 Å². The Morgan fingerprint density at radius 2 is 2.27 bits per heavy atom. The lowest BCUT2D eigenvalue weighted by atomic mass is 10.2. The average Bonchev–Trinajstić information content (AvgIpc) is 1.87. The van der Waals surface area contributed by atoms with Crippen molar-refractivity contribution < 1.29 is 9.59 Å². The zero-order valence-electron chi connectivity index (χ0n) is 7.00. The molecule has 0 rings (SSSR count). The number of carbonyl (C=O) groups is 2. The molecule has 0 radical (unpaired) electrons. The molecule has 0 amide bonds. The van der Waals surface area contributed by atoms with Gasteiger partial charge in [-0.1, -0.05) is 25.1 Å². The van der Waals surface area contributed by atoms with Gasteiger partial charge in [0.2, 0.25) is 0 Å². The number of hydrogen-bond donors (Lipinski definition) is 0. The first-order valence-corrected chi connectivity index (χ1v) is 4.69. The molecule has 0 fully saturated rings. The van der Waals surface area contributed by atoms with E-state index < -0.39 is 0 Å². The van der Waals surface area contributed by atoms with Gasteiger partial charge in [0, 0.05) is 18.6 Å². The second-order valence-electron chi connectivity index (χ2n) is 2.42. The number of thioether (sulfide) groups is 1. The van der Waals surface area contributed by atoms with Gasteiger partial charge in [-0.25, -0.2) is 0 Å². The molecule has 2 nitrogen and oxygen atoms in total. The molecule has 0 aromatic carbocycles. The van der Waals surface area contributed by atoms with Gasteiger partial charge in [0.25, 0.3) is 0 Å². The summed E-state index contributed by atoms with van der Waals surface area (Å²) in [5, 5.41) is 0.306. The van der Waals surface area contributed by atoms with Crippen LogP contribution >= 0.6 is 11.8 Å². The lowest BCUT2D eigenvalue weighted by Crippen LogP contribution is -2.05. The van der Waals surface area contributed by atoms with Crippen LogP contribution in [0.1, 0.15) is 33.1 Å². The van der Waals surface area contributed by atoms with Gasteiger partial charge in [-0.2, -0.15) is 0 Å². The molecular weight excluding hydrogens is 160 g/mol. The molecule has 0 aliphatic rings. The minimum Gasteiger partial charge on any atom is -0.303 e. The summed E-state index contributed by atoms with van der Waals surface area (Å²) in [6.07, 6.45) is 3.36. The number of hydrogen-bond acceptors (Lipinski definition) is 3. The molecular formula is C8H14O2S. The Morgan fingerprint density at radius 3 is 2.64 bits per heavy atom. The molecule has 0 aromatic heterocycles. The third kappa shape index (κ3) is 6.10. The fourth-order valence-electron chi connectivity index (χ4n) is 0.889. The Hall–Kier alpha value is -0.310. The zero-order valence-corrected chi connectivity index (χ0v) is 7.82. The Morgan fingerprint density at radius 1 is 1.64 bits per heavy atom. The molecule has 1 unspecified atom stereocenters. The first-order valence-electron chi connectivity index (χ1n) is 3.81. The maximum atomic E-state index is 10.7. The summed E-state index contributed by atoms with van der Waals surface area (Å²) in [7, 11) is 0. The van der Waals surface area contributed by atoms with E-state index in [1.807, 2.05) is 0 Å². The molecule has 3 heteroatoms. The van der Waals surface area contributed by atoms with E-state index in [1.165, 1.54) is 18.7 Å². The van der Waals surface area contributed by atoms with Crippen LogP contribution in [0.15, 0.2) is 0 Å². The molecule has 0 aliphatic carbocycles. The van der Waals surface area contributed by atoms with E-state index in [0.717, 1.165) is 19.1 Å². The monoisotopic (exact) mass is 174 g/mol. The highest BCUT2D eigenvalue weighted by Crippen LogP contribution is 2.19. The number of aldehydes is 1. The van der Waals surface area contributed by atoms with Gasteiger partial charge in [0.1, 0.15) is 6.29 Å². The number of carbonyl (C=O) groups excluding carboxylic acids is 2. The third-order valence-electron chi connectivity index (χ3n) is 1.30. The van der Waals surface area contributed by atoms with Crippen molar-refractivity contribution in [2.75, 3.05) is 0 Å². The van der Waals surface area contributed by atoms with E-state index in [1.54, 1.807) is 0 Å². The summed E-state index contributed by atoms with van der Waals surface area (Å²) < 4.78 is 0. The topological polar surface area (TPSA) is 34.1 Å². The molecule has 0 saturated carbocycles. The summed E-state index contributed by atoms with van der Waals surface area (Å²) in [6.45, 7) is 3.59. The smallest absolute Gasteiger partial charge is 0.186 e. The van der Waals surface area contributed by atoms with E-state index >= 15 is 0 Å². The molecule has 0 bridgehead atoms. The van der Waals surface area contributed by atoms with Gasteiger partial charge in [-0.15, -0.1) is 0 Å². The summed E-state index contributed by atoms with van der Waals surface area (Å²) in [4.78, 5) is 20.8. The highest BCUT2D eigenvalue weighted by atomic mass is 32.2. The van der Waals surface area contributed by atoms with Crippen LogP contribution in [0.4, 0.5) is 0 Å². The summed E-state index contributed by atoms with van der Waals surface area (Å²) in [5.74, 6) is 0. The minimum atomic E-state index is 0.102. The van der Waals surface area contributed by atoms with Crippen molar-refractivity contribution in [2.45, 2.75) is 38.4 Å². The predicted octanol–water partition coefficient (Wildman–Crippen LogP) is 2.02. The number of rotatable bonds is 5. The molecule has 0 saturated heterocycles. The summed E-state index contributed by atoms with van der Waals surface area (Å²) >= 11 is 1.28. The van der Waals surface area contributed by atoms with Crippen LogP contribution in [0, 0.1) is 0 Å². The van der Waals surface area contributed by atoms with Gasteiger partial charge >= 0.3 is 0 Å². The molecule has 1 atom stereocenters. The average molecular weight is 174 g/mol. The molecule has 0 spiro atoms. The van der Waals surface area contributed by atoms with Crippen molar-refractivity contribution in [2.24, 2.45) is 0 Å². The lowest BCUT2D eigenvalue weighted by Gasteiger charge is -2.08. The third-order valence-corrected chi connectivity index (χ3v) is 2.40. The lowest BCUT2D eigenvalue weighted by molar-refractivity contribution is -0.109.